The summed E-state index contributed by atoms with van der Waals surface area (Å²) >= 11 is 0. The fourth-order valence-electron chi connectivity index (χ4n) is 2.59. The molecule has 1 N–H and O–H groups in total. The van der Waals surface area contributed by atoms with Crippen LogP contribution < -0.4 is 10.1 Å². The first-order chi connectivity index (χ1) is 12.9. The molecule has 0 heterocycles. The van der Waals surface area contributed by atoms with E-state index in [2.05, 4.69) is 19.2 Å². The number of aldehydes is 1. The third-order valence-corrected chi connectivity index (χ3v) is 4.37. The number of carbonyl (C=O) groups excluding carboxylic acids is 2. The molecular formula is C20H22N2O5. The number of nitrogens with one attached hydrogen (secondary N) is 1. The van der Waals surface area contributed by atoms with E-state index < -0.39 is 11.0 Å². The first-order valence-corrected chi connectivity index (χ1v) is 8.67. The van der Waals surface area contributed by atoms with Crippen LogP contribution in [-0.4, -0.2) is 23.2 Å². The number of benzene rings is 2. The number of nitro benzene ring substituents is 1. The Labute approximate surface area is 157 Å². The lowest BCUT2D eigenvalue weighted by atomic mass is 9.97. The summed E-state index contributed by atoms with van der Waals surface area (Å²) < 4.78 is 5.57. The highest BCUT2D eigenvalue weighted by Gasteiger charge is 2.20. The van der Waals surface area contributed by atoms with Gasteiger partial charge in [0.05, 0.1) is 10.5 Å². The Balaban J connectivity index is 2.15. The summed E-state index contributed by atoms with van der Waals surface area (Å²) in [6, 6.07) is 11.2. The number of nitro groups is 1. The van der Waals surface area contributed by atoms with Crippen molar-refractivity contribution in [3.63, 3.8) is 0 Å². The minimum atomic E-state index is -0.893. The average molecular weight is 370 g/mol. The Kier molecular flexibility index (Phi) is 6.65. The van der Waals surface area contributed by atoms with Crippen LogP contribution in [0, 0.1) is 10.1 Å². The summed E-state index contributed by atoms with van der Waals surface area (Å²) in [5.41, 5.74) is 1.55. The smallest absolute Gasteiger partial charge is 0.270 e. The minimum absolute atomic E-state index is 0.0175. The van der Waals surface area contributed by atoms with E-state index in [9.17, 15) is 19.7 Å². The minimum Gasteiger partial charge on any atom is -0.480 e. The van der Waals surface area contributed by atoms with Crippen molar-refractivity contribution in [2.24, 2.45) is 0 Å². The van der Waals surface area contributed by atoms with Gasteiger partial charge in [0, 0.05) is 17.8 Å². The summed E-state index contributed by atoms with van der Waals surface area (Å²) in [5.74, 6) is 0.0310. The maximum Gasteiger partial charge on any atom is 0.270 e. The normalized spacial score (nSPS) is 12.7. The molecule has 0 radical (unpaired) electrons. The molecule has 2 rings (SSSR count). The van der Waals surface area contributed by atoms with Crippen LogP contribution in [0.15, 0.2) is 42.5 Å². The van der Waals surface area contributed by atoms with E-state index in [1.165, 1.54) is 12.1 Å². The van der Waals surface area contributed by atoms with E-state index in [1.54, 1.807) is 6.92 Å². The molecule has 2 aromatic rings. The van der Waals surface area contributed by atoms with Gasteiger partial charge < -0.3 is 10.1 Å². The molecule has 142 valence electrons. The van der Waals surface area contributed by atoms with Crippen LogP contribution in [0.4, 0.5) is 11.4 Å². The van der Waals surface area contributed by atoms with Crippen molar-refractivity contribution in [1.82, 2.24) is 0 Å². The van der Waals surface area contributed by atoms with Crippen molar-refractivity contribution in [1.29, 1.82) is 0 Å². The maximum absolute atomic E-state index is 12.5. The zero-order chi connectivity index (χ0) is 20.0. The predicted octanol–water partition coefficient (Wildman–Crippen LogP) is 4.33. The number of anilines is 1. The van der Waals surface area contributed by atoms with E-state index in [0.717, 1.165) is 18.1 Å². The third-order valence-electron chi connectivity index (χ3n) is 4.37. The summed E-state index contributed by atoms with van der Waals surface area (Å²) in [6.07, 6.45) is 0.505. The Morgan fingerprint density at radius 1 is 1.26 bits per heavy atom. The van der Waals surface area contributed by atoms with E-state index in [0.29, 0.717) is 12.0 Å². The van der Waals surface area contributed by atoms with Crippen LogP contribution in [-0.2, 0) is 4.79 Å². The van der Waals surface area contributed by atoms with Crippen molar-refractivity contribution in [2.75, 3.05) is 5.32 Å². The van der Waals surface area contributed by atoms with E-state index in [4.69, 9.17) is 4.74 Å². The van der Waals surface area contributed by atoms with Gasteiger partial charge in [-0.25, -0.2) is 0 Å². The molecule has 0 aliphatic rings. The van der Waals surface area contributed by atoms with Crippen molar-refractivity contribution in [3.05, 3.63) is 63.7 Å². The van der Waals surface area contributed by atoms with Gasteiger partial charge in [-0.3, -0.25) is 19.7 Å². The van der Waals surface area contributed by atoms with Crippen LogP contribution >= 0.6 is 0 Å². The number of non-ortho nitro benzene ring substituents is 1. The lowest BCUT2D eigenvalue weighted by molar-refractivity contribution is -0.384. The summed E-state index contributed by atoms with van der Waals surface area (Å²) in [5, 5.41) is 13.7. The number of rotatable bonds is 8. The van der Waals surface area contributed by atoms with Crippen LogP contribution in [0.3, 0.4) is 0 Å². The van der Waals surface area contributed by atoms with E-state index in [1.807, 2.05) is 24.3 Å². The zero-order valence-corrected chi connectivity index (χ0v) is 15.5. The van der Waals surface area contributed by atoms with E-state index >= 15 is 0 Å². The van der Waals surface area contributed by atoms with Gasteiger partial charge in [-0.05, 0) is 37.0 Å². The molecular weight excluding hydrogens is 348 g/mol. The molecule has 7 heteroatoms. The van der Waals surface area contributed by atoms with Gasteiger partial charge in [-0.1, -0.05) is 32.0 Å². The molecule has 7 nitrogen and oxygen atoms in total. The van der Waals surface area contributed by atoms with E-state index in [-0.39, 0.29) is 28.8 Å². The topological polar surface area (TPSA) is 98.5 Å². The number of para-hydroxylation sites is 1. The molecule has 0 unspecified atom stereocenters. The molecule has 27 heavy (non-hydrogen) atoms. The quantitative estimate of drug-likeness (QED) is 0.424. The summed E-state index contributed by atoms with van der Waals surface area (Å²) in [7, 11) is 0. The second-order valence-electron chi connectivity index (χ2n) is 6.24. The lowest BCUT2D eigenvalue weighted by Crippen LogP contribution is -2.30. The molecule has 0 bridgehead atoms. The predicted molar refractivity (Wildman–Crippen MR) is 102 cm³/mol. The lowest BCUT2D eigenvalue weighted by Gasteiger charge is -2.19. The van der Waals surface area contributed by atoms with Gasteiger partial charge in [0.2, 0.25) is 0 Å². The molecule has 0 saturated heterocycles. The van der Waals surface area contributed by atoms with Gasteiger partial charge in [0.15, 0.2) is 12.4 Å². The van der Waals surface area contributed by atoms with Crippen LogP contribution in [0.1, 0.15) is 49.0 Å². The number of amides is 1. The van der Waals surface area contributed by atoms with Crippen molar-refractivity contribution >= 4 is 23.6 Å². The molecule has 0 saturated carbocycles. The monoisotopic (exact) mass is 370 g/mol. The second kappa shape index (κ2) is 8.93. The number of hydrogen-bond donors (Lipinski definition) is 1. The SMILES string of the molecule is CC[C@@H](C)c1ccccc1NC(=O)[C@@H](C)Oc1ccc([N+](=O)[O-])cc1C=O. The average Bonchev–Trinajstić information content (AvgIpc) is 2.67. The first kappa shape index (κ1) is 20.1. The highest BCUT2D eigenvalue weighted by molar-refractivity contribution is 5.95. The third kappa shape index (κ3) is 4.91. The molecule has 0 aliphatic heterocycles. The standard InChI is InChI=1S/C20H22N2O5/c1-4-13(2)17-7-5-6-8-18(17)21-20(24)14(3)27-19-10-9-16(22(25)26)11-15(19)12-23/h5-14H,4H2,1-3H3,(H,21,24)/t13-,14-/m1/s1. The molecule has 1 amide bonds. The van der Waals surface area contributed by atoms with Crippen LogP contribution in [0.25, 0.3) is 0 Å². The molecule has 0 aliphatic carbocycles. The molecule has 0 fully saturated rings. The highest BCUT2D eigenvalue weighted by Crippen LogP contribution is 2.27. The Hall–Kier alpha value is -3.22. The number of carbonyl (C=O) groups is 2. The number of hydrogen-bond acceptors (Lipinski definition) is 5. The van der Waals surface area contributed by atoms with Crippen molar-refractivity contribution in [2.45, 2.75) is 39.2 Å². The molecule has 0 aromatic heterocycles. The highest BCUT2D eigenvalue weighted by atomic mass is 16.6. The Morgan fingerprint density at radius 3 is 2.59 bits per heavy atom. The zero-order valence-electron chi connectivity index (χ0n) is 15.5. The molecule has 0 spiro atoms. The van der Waals surface area contributed by atoms with Gasteiger partial charge >= 0.3 is 0 Å². The summed E-state index contributed by atoms with van der Waals surface area (Å²) in [6.45, 7) is 5.71. The van der Waals surface area contributed by atoms with Gasteiger partial charge in [-0.2, -0.15) is 0 Å². The fourth-order valence-corrected chi connectivity index (χ4v) is 2.59. The molecule has 2 atom stereocenters. The second-order valence-corrected chi connectivity index (χ2v) is 6.24. The molecule has 2 aromatic carbocycles. The van der Waals surface area contributed by atoms with Crippen LogP contribution in [0.2, 0.25) is 0 Å². The Bertz CT molecular complexity index is 850. The number of nitrogens with zero attached hydrogens (tertiary/aromatic N) is 1. The fraction of sp³-hybridized carbons (Fsp3) is 0.300. The van der Waals surface area contributed by atoms with Gasteiger partial charge in [0.1, 0.15) is 5.75 Å². The van der Waals surface area contributed by atoms with Gasteiger partial charge in [-0.15, -0.1) is 0 Å². The van der Waals surface area contributed by atoms with Gasteiger partial charge in [0.25, 0.3) is 11.6 Å². The summed E-state index contributed by atoms with van der Waals surface area (Å²) in [4.78, 5) is 33.9. The first-order valence-electron chi connectivity index (χ1n) is 8.67. The van der Waals surface area contributed by atoms with Crippen LogP contribution in [0.5, 0.6) is 5.75 Å². The number of ether oxygens (including phenoxy) is 1. The van der Waals surface area contributed by atoms with Crippen molar-refractivity contribution < 1.29 is 19.2 Å². The Morgan fingerprint density at radius 2 is 1.96 bits per heavy atom. The largest absolute Gasteiger partial charge is 0.480 e. The maximum atomic E-state index is 12.5. The van der Waals surface area contributed by atoms with Crippen molar-refractivity contribution in [3.8, 4) is 5.75 Å².